The third-order valence-electron chi connectivity index (χ3n) is 2.33. The number of hydrogen-bond donors (Lipinski definition) is 1. The molecule has 92 valence electrons. The van der Waals surface area contributed by atoms with Crippen LogP contribution in [0.5, 0.6) is 0 Å². The molecule has 0 amide bonds. The van der Waals surface area contributed by atoms with E-state index in [0.717, 1.165) is 5.39 Å². The maximum absolute atomic E-state index is 5.82. The van der Waals surface area contributed by atoms with Crippen molar-refractivity contribution in [3.05, 3.63) is 12.0 Å². The number of rotatable bonds is 5. The zero-order valence-electron chi connectivity index (χ0n) is 9.88. The van der Waals surface area contributed by atoms with Gasteiger partial charge in [-0.2, -0.15) is 5.10 Å². The summed E-state index contributed by atoms with van der Waals surface area (Å²) in [5.74, 6) is 0.975. The molecule has 0 bridgehead atoms. The van der Waals surface area contributed by atoms with Gasteiger partial charge in [-0.3, -0.25) is 4.68 Å². The highest BCUT2D eigenvalue weighted by Gasteiger charge is 2.08. The smallest absolute Gasteiger partial charge is 0.163 e. The van der Waals surface area contributed by atoms with Gasteiger partial charge < -0.3 is 15.2 Å². The van der Waals surface area contributed by atoms with E-state index < -0.39 is 0 Å². The fraction of sp³-hybridized carbons (Fsp3) is 0.500. The minimum atomic E-state index is 0.314. The summed E-state index contributed by atoms with van der Waals surface area (Å²) >= 11 is 0. The first-order chi connectivity index (χ1) is 8.22. The molecule has 2 rings (SSSR count). The summed E-state index contributed by atoms with van der Waals surface area (Å²) in [6.45, 7) is 1.36. The Hall–Kier alpha value is -1.73. The molecule has 0 aliphatic carbocycles. The Morgan fingerprint density at radius 2 is 2.18 bits per heavy atom. The molecule has 0 spiro atoms. The molecule has 0 atom stereocenters. The molecule has 2 heterocycles. The zero-order valence-corrected chi connectivity index (χ0v) is 9.88. The summed E-state index contributed by atoms with van der Waals surface area (Å²) < 4.78 is 11.9. The van der Waals surface area contributed by atoms with Crippen molar-refractivity contribution in [2.75, 3.05) is 26.1 Å². The van der Waals surface area contributed by atoms with E-state index in [1.807, 2.05) is 7.05 Å². The van der Waals surface area contributed by atoms with Crippen molar-refractivity contribution in [1.82, 2.24) is 19.7 Å². The van der Waals surface area contributed by atoms with E-state index in [4.69, 9.17) is 15.2 Å². The van der Waals surface area contributed by atoms with E-state index >= 15 is 0 Å². The van der Waals surface area contributed by atoms with E-state index in [9.17, 15) is 0 Å². The van der Waals surface area contributed by atoms with Crippen LogP contribution in [0.4, 0.5) is 5.82 Å². The summed E-state index contributed by atoms with van der Waals surface area (Å²) in [6, 6.07) is 0. The Morgan fingerprint density at radius 3 is 2.94 bits per heavy atom. The molecule has 7 heteroatoms. The van der Waals surface area contributed by atoms with Gasteiger partial charge in [0, 0.05) is 14.2 Å². The summed E-state index contributed by atoms with van der Waals surface area (Å²) in [7, 11) is 3.43. The number of fused-ring (bicyclic) bond motifs is 1. The van der Waals surface area contributed by atoms with Gasteiger partial charge in [0.05, 0.1) is 24.8 Å². The average molecular weight is 237 g/mol. The highest BCUT2D eigenvalue weighted by molar-refractivity contribution is 5.84. The van der Waals surface area contributed by atoms with Crippen molar-refractivity contribution < 1.29 is 9.47 Å². The van der Waals surface area contributed by atoms with Crippen molar-refractivity contribution in [3.63, 3.8) is 0 Å². The number of ether oxygens (including phenoxy) is 2. The van der Waals surface area contributed by atoms with Crippen LogP contribution in [0.15, 0.2) is 6.20 Å². The molecule has 2 aromatic heterocycles. The fourth-order valence-corrected chi connectivity index (χ4v) is 1.46. The summed E-state index contributed by atoms with van der Waals surface area (Å²) in [5.41, 5.74) is 6.53. The minimum absolute atomic E-state index is 0.314. The monoisotopic (exact) mass is 237 g/mol. The number of nitrogens with two attached hydrogens (primary N) is 1. The van der Waals surface area contributed by atoms with Gasteiger partial charge in [0.2, 0.25) is 0 Å². The van der Waals surface area contributed by atoms with Crippen LogP contribution < -0.4 is 5.73 Å². The van der Waals surface area contributed by atoms with E-state index in [1.54, 1.807) is 18.0 Å². The SMILES string of the molecule is COCCOCc1nc(N)c2cnn(C)c2n1. The standard InChI is InChI=1S/C10H15N5O2/c1-15-10-7(5-12-15)9(11)13-8(14-10)6-17-4-3-16-2/h5H,3-4,6H2,1-2H3,(H2,11,13,14). The van der Waals surface area contributed by atoms with Crippen LogP contribution in [-0.2, 0) is 23.1 Å². The second-order valence-electron chi connectivity index (χ2n) is 3.58. The predicted octanol–water partition coefficient (Wildman–Crippen LogP) is 0.108. The maximum atomic E-state index is 5.82. The molecule has 0 aliphatic heterocycles. The predicted molar refractivity (Wildman–Crippen MR) is 62.2 cm³/mol. The number of methoxy groups -OCH3 is 1. The van der Waals surface area contributed by atoms with Crippen molar-refractivity contribution in [2.24, 2.45) is 7.05 Å². The van der Waals surface area contributed by atoms with Gasteiger partial charge in [-0.15, -0.1) is 0 Å². The lowest BCUT2D eigenvalue weighted by molar-refractivity contribution is 0.0587. The normalized spacial score (nSPS) is 11.2. The molecule has 0 fully saturated rings. The van der Waals surface area contributed by atoms with Gasteiger partial charge in [-0.25, -0.2) is 9.97 Å². The quantitative estimate of drug-likeness (QED) is 0.742. The van der Waals surface area contributed by atoms with Gasteiger partial charge in [0.1, 0.15) is 12.4 Å². The van der Waals surface area contributed by atoms with E-state index in [2.05, 4.69) is 15.1 Å². The Labute approximate surface area is 98.6 Å². The number of nitrogen functional groups attached to an aromatic ring is 1. The lowest BCUT2D eigenvalue weighted by Crippen LogP contribution is -2.07. The van der Waals surface area contributed by atoms with E-state index in [0.29, 0.717) is 37.1 Å². The molecule has 17 heavy (non-hydrogen) atoms. The van der Waals surface area contributed by atoms with E-state index in [-0.39, 0.29) is 0 Å². The Balaban J connectivity index is 2.15. The number of aromatic nitrogens is 4. The topological polar surface area (TPSA) is 88.1 Å². The number of aryl methyl sites for hydroxylation is 1. The first-order valence-corrected chi connectivity index (χ1v) is 5.23. The van der Waals surface area contributed by atoms with Gasteiger partial charge in [-0.1, -0.05) is 0 Å². The Bertz CT molecular complexity index is 511. The Morgan fingerprint density at radius 1 is 1.35 bits per heavy atom. The van der Waals surface area contributed by atoms with Crippen molar-refractivity contribution in [3.8, 4) is 0 Å². The van der Waals surface area contributed by atoms with Gasteiger partial charge >= 0.3 is 0 Å². The van der Waals surface area contributed by atoms with Crippen molar-refractivity contribution >= 4 is 16.9 Å². The summed E-state index contributed by atoms with van der Waals surface area (Å²) in [6.07, 6.45) is 1.65. The van der Waals surface area contributed by atoms with Gasteiger partial charge in [0.15, 0.2) is 11.5 Å². The average Bonchev–Trinajstić information content (AvgIpc) is 2.68. The highest BCUT2D eigenvalue weighted by Crippen LogP contribution is 2.16. The lowest BCUT2D eigenvalue weighted by Gasteiger charge is -2.04. The lowest BCUT2D eigenvalue weighted by atomic mass is 10.4. The summed E-state index contributed by atoms with van der Waals surface area (Å²) in [4.78, 5) is 8.50. The third-order valence-corrected chi connectivity index (χ3v) is 2.33. The van der Waals surface area contributed by atoms with E-state index in [1.165, 1.54) is 0 Å². The van der Waals surface area contributed by atoms with Crippen LogP contribution in [0.3, 0.4) is 0 Å². The zero-order chi connectivity index (χ0) is 12.3. The van der Waals surface area contributed by atoms with Crippen LogP contribution >= 0.6 is 0 Å². The van der Waals surface area contributed by atoms with Crippen molar-refractivity contribution in [2.45, 2.75) is 6.61 Å². The van der Waals surface area contributed by atoms with Crippen LogP contribution in [0.1, 0.15) is 5.82 Å². The molecule has 0 unspecified atom stereocenters. The molecule has 0 saturated heterocycles. The van der Waals surface area contributed by atoms with Crippen LogP contribution in [0, 0.1) is 0 Å². The molecular formula is C10H15N5O2. The highest BCUT2D eigenvalue weighted by atomic mass is 16.5. The molecule has 7 nitrogen and oxygen atoms in total. The van der Waals surface area contributed by atoms with Crippen LogP contribution in [0.2, 0.25) is 0 Å². The fourth-order valence-electron chi connectivity index (χ4n) is 1.46. The number of hydrogen-bond acceptors (Lipinski definition) is 6. The molecule has 0 radical (unpaired) electrons. The molecule has 0 aromatic carbocycles. The first-order valence-electron chi connectivity index (χ1n) is 5.23. The largest absolute Gasteiger partial charge is 0.383 e. The molecule has 2 N–H and O–H groups in total. The number of anilines is 1. The van der Waals surface area contributed by atoms with Crippen molar-refractivity contribution in [1.29, 1.82) is 0 Å². The molecular weight excluding hydrogens is 222 g/mol. The molecule has 0 saturated carbocycles. The maximum Gasteiger partial charge on any atom is 0.163 e. The van der Waals surface area contributed by atoms with Gasteiger partial charge in [0.25, 0.3) is 0 Å². The minimum Gasteiger partial charge on any atom is -0.383 e. The number of nitrogens with zero attached hydrogens (tertiary/aromatic N) is 4. The summed E-state index contributed by atoms with van der Waals surface area (Å²) in [5, 5.41) is 4.84. The van der Waals surface area contributed by atoms with Gasteiger partial charge in [-0.05, 0) is 0 Å². The van der Waals surface area contributed by atoms with Crippen LogP contribution in [0.25, 0.3) is 11.0 Å². The first kappa shape index (κ1) is 11.7. The molecule has 2 aromatic rings. The second-order valence-corrected chi connectivity index (χ2v) is 3.58. The van der Waals surface area contributed by atoms with Crippen LogP contribution in [-0.4, -0.2) is 40.1 Å². The Kier molecular flexibility index (Phi) is 3.50. The third kappa shape index (κ3) is 2.51. The second kappa shape index (κ2) is 5.07. The molecule has 0 aliphatic rings.